The summed E-state index contributed by atoms with van der Waals surface area (Å²) >= 11 is 0. The minimum absolute atomic E-state index is 0.216. The zero-order chi connectivity index (χ0) is 24.7. The summed E-state index contributed by atoms with van der Waals surface area (Å²) in [5.41, 5.74) is 8.48. The maximum Gasteiger partial charge on any atom is 0.491 e. The van der Waals surface area contributed by atoms with Crippen LogP contribution < -0.4 is 10.5 Å². The molecular weight excluding hydrogens is 445 g/mol. The minimum atomic E-state index is -5.20. The summed E-state index contributed by atoms with van der Waals surface area (Å²) in [5.74, 6) is -3.85. The highest BCUT2D eigenvalue weighted by Crippen LogP contribution is 2.40. The molecule has 1 atom stereocenters. The first-order valence-corrected chi connectivity index (χ1v) is 11.5. The number of rotatable bonds is 4. The van der Waals surface area contributed by atoms with Crippen molar-refractivity contribution in [3.8, 4) is 16.9 Å². The Kier molecular flexibility index (Phi) is 6.46. The van der Waals surface area contributed by atoms with Gasteiger partial charge in [-0.25, -0.2) is 4.79 Å². The molecule has 2 aliphatic rings. The van der Waals surface area contributed by atoms with Crippen molar-refractivity contribution in [2.24, 2.45) is 11.1 Å². The highest BCUT2D eigenvalue weighted by molar-refractivity contribution is 5.99. The molecule has 2 aromatic rings. The van der Waals surface area contributed by atoms with E-state index in [0.29, 0.717) is 17.0 Å². The van der Waals surface area contributed by atoms with Crippen LogP contribution in [0.15, 0.2) is 36.4 Å². The molecule has 8 heteroatoms. The largest absolute Gasteiger partial charge is 0.491 e. The molecule has 0 spiro atoms. The number of ether oxygens (including phenoxy) is 1. The van der Waals surface area contributed by atoms with Gasteiger partial charge in [0, 0.05) is 24.7 Å². The first-order valence-electron chi connectivity index (χ1n) is 11.5. The van der Waals surface area contributed by atoms with Gasteiger partial charge < -0.3 is 10.5 Å². The van der Waals surface area contributed by atoms with Crippen molar-refractivity contribution in [2.45, 2.75) is 64.7 Å². The van der Waals surface area contributed by atoms with Gasteiger partial charge in [-0.2, -0.15) is 13.2 Å². The maximum absolute atomic E-state index is 12.9. The number of esters is 1. The quantitative estimate of drug-likeness (QED) is 0.486. The van der Waals surface area contributed by atoms with Gasteiger partial charge in [-0.3, -0.25) is 9.69 Å². The third kappa shape index (κ3) is 5.12. The first kappa shape index (κ1) is 24.3. The van der Waals surface area contributed by atoms with Crippen LogP contribution in [0.1, 0.15) is 61.0 Å². The Bertz CT molecular complexity index is 1110. The average Bonchev–Trinajstić information content (AvgIpc) is 2.77. The number of fused-ring (bicyclic) bond motifs is 1. The molecule has 1 unspecified atom stereocenters. The fourth-order valence-corrected chi connectivity index (χ4v) is 5.24. The van der Waals surface area contributed by atoms with Crippen molar-refractivity contribution < 1.29 is 27.5 Å². The number of primary amides is 1. The van der Waals surface area contributed by atoms with E-state index in [1.807, 2.05) is 12.1 Å². The molecule has 2 N–H and O–H groups in total. The number of nitrogens with zero attached hydrogens (tertiary/aromatic N) is 1. The molecule has 4 rings (SSSR count). The lowest BCUT2D eigenvalue weighted by molar-refractivity contribution is -0.189. The standard InChI is InChI=1S/C26H29F3N2O3/c1-25(2)11-4-5-19(14-25)31-12-10-16-13-17(8-9-18(16)15-31)20-6-3-7-21(23(30)32)22(20)34-24(33)26(27,28)29/h3,6-9,13,19H,4-5,10-12,14-15H2,1-2H3,(H2,30,32). The van der Waals surface area contributed by atoms with Crippen LogP contribution in [0.25, 0.3) is 11.1 Å². The fraction of sp³-hybridized carbons (Fsp3) is 0.462. The Morgan fingerprint density at radius 3 is 2.59 bits per heavy atom. The zero-order valence-corrected chi connectivity index (χ0v) is 19.4. The molecule has 1 heterocycles. The number of nitrogens with two attached hydrogens (primary N) is 1. The summed E-state index contributed by atoms with van der Waals surface area (Å²) in [6.07, 6.45) is 0.472. The normalized spacial score (nSPS) is 20.4. The van der Waals surface area contributed by atoms with Gasteiger partial charge in [-0.15, -0.1) is 0 Å². The van der Waals surface area contributed by atoms with E-state index in [-0.39, 0.29) is 11.1 Å². The number of carbonyl (C=O) groups excluding carboxylic acids is 2. The van der Waals surface area contributed by atoms with E-state index in [4.69, 9.17) is 5.73 Å². The second-order valence-electron chi connectivity index (χ2n) is 10.1. The summed E-state index contributed by atoms with van der Waals surface area (Å²) in [4.78, 5) is 25.9. The molecule has 34 heavy (non-hydrogen) atoms. The lowest BCUT2D eigenvalue weighted by Gasteiger charge is -2.43. The molecule has 0 bridgehead atoms. The van der Waals surface area contributed by atoms with Crippen LogP contribution in [0, 0.1) is 5.41 Å². The van der Waals surface area contributed by atoms with E-state index < -0.39 is 23.8 Å². The topological polar surface area (TPSA) is 72.6 Å². The third-order valence-electron chi connectivity index (χ3n) is 6.96. The molecule has 5 nitrogen and oxygen atoms in total. The summed E-state index contributed by atoms with van der Waals surface area (Å²) in [5, 5.41) is 0. The second kappa shape index (κ2) is 9.06. The molecule has 1 saturated carbocycles. The molecular formula is C26H29F3N2O3. The average molecular weight is 475 g/mol. The van der Waals surface area contributed by atoms with Crippen LogP contribution in [0.5, 0.6) is 5.75 Å². The molecule has 1 fully saturated rings. The number of para-hydroxylation sites is 1. The molecule has 182 valence electrons. The first-order chi connectivity index (χ1) is 15.9. The van der Waals surface area contributed by atoms with E-state index in [0.717, 1.165) is 25.1 Å². The van der Waals surface area contributed by atoms with E-state index in [1.165, 1.54) is 49.4 Å². The Labute approximate surface area is 197 Å². The fourth-order valence-electron chi connectivity index (χ4n) is 5.24. The summed E-state index contributed by atoms with van der Waals surface area (Å²) in [6, 6.07) is 10.5. The third-order valence-corrected chi connectivity index (χ3v) is 6.96. The lowest BCUT2D eigenvalue weighted by atomic mass is 9.74. The summed E-state index contributed by atoms with van der Waals surface area (Å²) in [6.45, 7) is 6.39. The van der Waals surface area contributed by atoms with Crippen molar-refractivity contribution in [3.05, 3.63) is 53.1 Å². The molecule has 1 amide bonds. The van der Waals surface area contributed by atoms with Crippen LogP contribution in [0.2, 0.25) is 0 Å². The lowest BCUT2D eigenvalue weighted by Crippen LogP contribution is -2.43. The molecule has 0 radical (unpaired) electrons. The van der Waals surface area contributed by atoms with Crippen molar-refractivity contribution in [1.82, 2.24) is 4.90 Å². The van der Waals surface area contributed by atoms with E-state index in [9.17, 15) is 22.8 Å². The smallest absolute Gasteiger partial charge is 0.418 e. The van der Waals surface area contributed by atoms with Gasteiger partial charge in [0.1, 0.15) is 0 Å². The molecule has 0 saturated heterocycles. The van der Waals surface area contributed by atoms with Gasteiger partial charge in [-0.05, 0) is 53.9 Å². The Morgan fingerprint density at radius 1 is 1.15 bits per heavy atom. The predicted molar refractivity (Wildman–Crippen MR) is 122 cm³/mol. The van der Waals surface area contributed by atoms with Crippen molar-refractivity contribution in [1.29, 1.82) is 0 Å². The Balaban J connectivity index is 1.63. The van der Waals surface area contributed by atoms with Crippen molar-refractivity contribution in [2.75, 3.05) is 6.54 Å². The highest BCUT2D eigenvalue weighted by Gasteiger charge is 2.42. The number of hydrogen-bond donors (Lipinski definition) is 1. The number of alkyl halides is 3. The molecule has 2 aromatic carbocycles. The van der Waals surface area contributed by atoms with Crippen molar-refractivity contribution >= 4 is 11.9 Å². The number of hydrogen-bond acceptors (Lipinski definition) is 4. The van der Waals surface area contributed by atoms with Crippen LogP contribution in [0.4, 0.5) is 13.2 Å². The molecule has 0 aromatic heterocycles. The van der Waals surface area contributed by atoms with Gasteiger partial charge in [0.2, 0.25) is 0 Å². The monoisotopic (exact) mass is 474 g/mol. The van der Waals surface area contributed by atoms with Crippen LogP contribution in [-0.4, -0.2) is 35.5 Å². The summed E-state index contributed by atoms with van der Waals surface area (Å²) < 4.78 is 43.3. The van der Waals surface area contributed by atoms with Crippen LogP contribution in [0.3, 0.4) is 0 Å². The van der Waals surface area contributed by atoms with Gasteiger partial charge in [0.25, 0.3) is 5.91 Å². The van der Waals surface area contributed by atoms with E-state index in [2.05, 4.69) is 23.5 Å². The number of carbonyl (C=O) groups is 2. The van der Waals surface area contributed by atoms with Crippen molar-refractivity contribution in [3.63, 3.8) is 0 Å². The SMILES string of the molecule is CC1(C)CCCC(N2CCc3cc(-c4cccc(C(N)=O)c4OC(=O)C(F)(F)F)ccc3C2)C1. The molecule has 1 aliphatic carbocycles. The number of amides is 1. The summed E-state index contributed by atoms with van der Waals surface area (Å²) in [7, 11) is 0. The van der Waals surface area contributed by atoms with E-state index >= 15 is 0 Å². The Morgan fingerprint density at radius 2 is 1.91 bits per heavy atom. The maximum atomic E-state index is 12.9. The Hall–Kier alpha value is -2.87. The predicted octanol–water partition coefficient (Wildman–Crippen LogP) is 5.25. The number of benzene rings is 2. The number of halogens is 3. The van der Waals surface area contributed by atoms with Gasteiger partial charge in [0.15, 0.2) is 5.75 Å². The second-order valence-corrected chi connectivity index (χ2v) is 10.1. The zero-order valence-electron chi connectivity index (χ0n) is 19.4. The van der Waals surface area contributed by atoms with Gasteiger partial charge in [0.05, 0.1) is 5.56 Å². The highest BCUT2D eigenvalue weighted by atomic mass is 19.4. The molecule has 1 aliphatic heterocycles. The minimum Gasteiger partial charge on any atom is -0.418 e. The van der Waals surface area contributed by atoms with Gasteiger partial charge >= 0.3 is 12.1 Å². The van der Waals surface area contributed by atoms with Crippen LogP contribution in [-0.2, 0) is 17.8 Å². The van der Waals surface area contributed by atoms with Crippen LogP contribution >= 0.6 is 0 Å². The van der Waals surface area contributed by atoms with Gasteiger partial charge in [-0.1, -0.05) is 50.6 Å². The van der Waals surface area contributed by atoms with E-state index in [1.54, 1.807) is 6.07 Å².